The van der Waals surface area contributed by atoms with Gasteiger partial charge in [0.15, 0.2) is 0 Å². The Morgan fingerprint density at radius 1 is 1.03 bits per heavy atom. The minimum absolute atomic E-state index is 0.0906. The molecule has 2 N–H and O–H groups in total. The van der Waals surface area contributed by atoms with E-state index < -0.39 is 0 Å². The molecule has 1 aromatic heterocycles. The van der Waals surface area contributed by atoms with Crippen molar-refractivity contribution < 1.29 is 14.3 Å². The summed E-state index contributed by atoms with van der Waals surface area (Å²) in [5.41, 5.74) is 1.43. The first-order valence-electron chi connectivity index (χ1n) is 9.20. The Bertz CT molecular complexity index is 956. The van der Waals surface area contributed by atoms with E-state index in [0.29, 0.717) is 17.2 Å². The van der Waals surface area contributed by atoms with Crippen LogP contribution in [0.25, 0.3) is 0 Å². The van der Waals surface area contributed by atoms with Gasteiger partial charge in [0.05, 0.1) is 16.7 Å². The molecule has 2 aromatic carbocycles. The Labute approximate surface area is 178 Å². The van der Waals surface area contributed by atoms with Gasteiger partial charge in [-0.3, -0.25) is 9.59 Å². The maximum absolute atomic E-state index is 12.5. The van der Waals surface area contributed by atoms with Crippen molar-refractivity contribution in [3.63, 3.8) is 0 Å². The average molecular weight is 427 g/mol. The molecule has 2 amide bonds. The smallest absolute Gasteiger partial charge is 0.265 e. The zero-order valence-corrected chi connectivity index (χ0v) is 17.8. The number of anilines is 2. The molecular formula is C22H22N2O3S2. The first-order chi connectivity index (χ1) is 14.0. The highest BCUT2D eigenvalue weighted by atomic mass is 32.2. The molecule has 1 atom stereocenters. The van der Waals surface area contributed by atoms with Gasteiger partial charge < -0.3 is 15.4 Å². The van der Waals surface area contributed by atoms with E-state index in [1.54, 1.807) is 6.07 Å². The lowest BCUT2D eigenvalue weighted by atomic mass is 10.3. The van der Waals surface area contributed by atoms with Crippen LogP contribution in [0.5, 0.6) is 5.75 Å². The predicted molar refractivity (Wildman–Crippen MR) is 120 cm³/mol. The molecule has 0 saturated carbocycles. The molecule has 3 aromatic rings. The summed E-state index contributed by atoms with van der Waals surface area (Å²) in [4.78, 5) is 26.3. The molecule has 0 fully saturated rings. The molecule has 0 radical (unpaired) electrons. The van der Waals surface area contributed by atoms with Crippen molar-refractivity contribution in [3.8, 4) is 5.75 Å². The lowest BCUT2D eigenvalue weighted by molar-refractivity contribution is -0.115. The second-order valence-corrected chi connectivity index (χ2v) is 8.53. The van der Waals surface area contributed by atoms with Crippen molar-refractivity contribution in [3.05, 3.63) is 70.9 Å². The van der Waals surface area contributed by atoms with E-state index in [4.69, 9.17) is 4.74 Å². The van der Waals surface area contributed by atoms with E-state index in [9.17, 15) is 9.59 Å². The quantitative estimate of drug-likeness (QED) is 0.466. The Morgan fingerprint density at radius 3 is 2.52 bits per heavy atom. The largest absolute Gasteiger partial charge is 0.494 e. The molecule has 0 bridgehead atoms. The van der Waals surface area contributed by atoms with Crippen molar-refractivity contribution in [1.82, 2.24) is 0 Å². The molecule has 1 heterocycles. The summed E-state index contributed by atoms with van der Waals surface area (Å²) in [6.45, 7) is 4.38. The van der Waals surface area contributed by atoms with Gasteiger partial charge in [-0.15, -0.1) is 23.1 Å². The number of thiophene rings is 1. The number of hydrogen-bond donors (Lipinski definition) is 2. The van der Waals surface area contributed by atoms with Gasteiger partial charge in [-0.25, -0.2) is 0 Å². The molecule has 150 valence electrons. The summed E-state index contributed by atoms with van der Waals surface area (Å²) in [7, 11) is 0. The summed E-state index contributed by atoms with van der Waals surface area (Å²) in [5, 5.41) is 7.37. The number of benzene rings is 2. The molecule has 0 aliphatic rings. The molecule has 0 aliphatic carbocycles. The zero-order valence-electron chi connectivity index (χ0n) is 16.2. The van der Waals surface area contributed by atoms with E-state index in [-0.39, 0.29) is 17.1 Å². The number of carbonyl (C=O) groups is 2. The molecule has 0 spiro atoms. The molecule has 1 unspecified atom stereocenters. The molecule has 0 saturated heterocycles. The Balaban J connectivity index is 1.57. The third-order valence-corrected chi connectivity index (χ3v) is 5.91. The van der Waals surface area contributed by atoms with Crippen LogP contribution in [-0.4, -0.2) is 23.7 Å². The third-order valence-electron chi connectivity index (χ3n) is 3.95. The number of hydrogen-bond acceptors (Lipinski definition) is 5. The molecule has 29 heavy (non-hydrogen) atoms. The van der Waals surface area contributed by atoms with Gasteiger partial charge in [0.1, 0.15) is 5.75 Å². The van der Waals surface area contributed by atoms with E-state index in [1.807, 2.05) is 73.8 Å². The van der Waals surface area contributed by atoms with Crippen LogP contribution in [0.15, 0.2) is 70.9 Å². The maximum atomic E-state index is 12.5. The van der Waals surface area contributed by atoms with Crippen LogP contribution in [-0.2, 0) is 4.79 Å². The Morgan fingerprint density at radius 2 is 1.83 bits per heavy atom. The summed E-state index contributed by atoms with van der Waals surface area (Å²) < 4.78 is 5.41. The predicted octanol–water partition coefficient (Wildman–Crippen LogP) is 5.52. The van der Waals surface area contributed by atoms with Crippen LogP contribution >= 0.6 is 23.1 Å². The molecular weight excluding hydrogens is 404 g/mol. The molecule has 7 heteroatoms. The average Bonchev–Trinajstić information content (AvgIpc) is 3.25. The van der Waals surface area contributed by atoms with E-state index >= 15 is 0 Å². The van der Waals surface area contributed by atoms with Crippen molar-refractivity contribution in [2.24, 2.45) is 0 Å². The number of nitrogens with one attached hydrogen (secondary N) is 2. The number of ether oxygens (including phenoxy) is 1. The van der Waals surface area contributed by atoms with E-state index in [2.05, 4.69) is 10.6 Å². The second-order valence-electron chi connectivity index (χ2n) is 6.17. The zero-order chi connectivity index (χ0) is 20.6. The normalized spacial score (nSPS) is 11.5. The lowest BCUT2D eigenvalue weighted by Crippen LogP contribution is -2.22. The number of carbonyl (C=O) groups excluding carboxylic acids is 2. The molecule has 3 rings (SSSR count). The molecule has 0 aliphatic heterocycles. The van der Waals surface area contributed by atoms with Crippen LogP contribution in [0.3, 0.4) is 0 Å². The van der Waals surface area contributed by atoms with Crippen LogP contribution in [0.1, 0.15) is 23.5 Å². The Kier molecular flexibility index (Phi) is 7.32. The van der Waals surface area contributed by atoms with Crippen molar-refractivity contribution >= 4 is 46.3 Å². The van der Waals surface area contributed by atoms with Crippen LogP contribution in [0, 0.1) is 0 Å². The Hall–Kier alpha value is -2.77. The first kappa shape index (κ1) is 21.0. The van der Waals surface area contributed by atoms with Crippen molar-refractivity contribution in [1.29, 1.82) is 0 Å². The summed E-state index contributed by atoms with van der Waals surface area (Å²) in [6, 6.07) is 18.4. The number of thioether (sulfide) groups is 1. The van der Waals surface area contributed by atoms with Gasteiger partial charge in [-0.05, 0) is 67.8 Å². The van der Waals surface area contributed by atoms with Crippen molar-refractivity contribution in [2.45, 2.75) is 24.0 Å². The number of rotatable bonds is 8. The minimum Gasteiger partial charge on any atom is -0.494 e. The van der Waals surface area contributed by atoms with Crippen LogP contribution in [0.2, 0.25) is 0 Å². The van der Waals surface area contributed by atoms with Crippen molar-refractivity contribution in [2.75, 3.05) is 17.2 Å². The van der Waals surface area contributed by atoms with Gasteiger partial charge in [0.2, 0.25) is 5.91 Å². The van der Waals surface area contributed by atoms with Gasteiger partial charge in [-0.1, -0.05) is 12.1 Å². The highest BCUT2D eigenvalue weighted by molar-refractivity contribution is 8.00. The molecule has 5 nitrogen and oxygen atoms in total. The van der Waals surface area contributed by atoms with Crippen LogP contribution in [0.4, 0.5) is 11.4 Å². The fourth-order valence-corrected chi connectivity index (χ4v) is 4.10. The summed E-state index contributed by atoms with van der Waals surface area (Å²) >= 11 is 2.83. The second kappa shape index (κ2) is 10.1. The maximum Gasteiger partial charge on any atom is 0.265 e. The van der Waals surface area contributed by atoms with Gasteiger partial charge >= 0.3 is 0 Å². The lowest BCUT2D eigenvalue weighted by Gasteiger charge is -2.13. The van der Waals surface area contributed by atoms with Gasteiger partial charge in [-0.2, -0.15) is 0 Å². The SMILES string of the molecule is CCOc1ccc(NC(=O)C(C)Sc2cccc(NC(=O)c3cccs3)c2)cc1. The third kappa shape index (κ3) is 6.10. The van der Waals surface area contributed by atoms with Gasteiger partial charge in [0, 0.05) is 16.3 Å². The summed E-state index contributed by atoms with van der Waals surface area (Å²) in [6.07, 6.45) is 0. The summed E-state index contributed by atoms with van der Waals surface area (Å²) in [5.74, 6) is 0.546. The fraction of sp³-hybridized carbons (Fsp3) is 0.182. The van der Waals surface area contributed by atoms with E-state index in [0.717, 1.165) is 16.3 Å². The monoisotopic (exact) mass is 426 g/mol. The highest BCUT2D eigenvalue weighted by Crippen LogP contribution is 2.27. The fourth-order valence-electron chi connectivity index (χ4n) is 2.55. The topological polar surface area (TPSA) is 67.4 Å². The highest BCUT2D eigenvalue weighted by Gasteiger charge is 2.15. The number of amides is 2. The van der Waals surface area contributed by atoms with Crippen LogP contribution < -0.4 is 15.4 Å². The standard InChI is InChI=1S/C22H22N2O3S2/c1-3-27-18-11-9-16(10-12-18)23-21(25)15(2)29-19-7-4-6-17(14-19)24-22(26)20-8-5-13-28-20/h4-15H,3H2,1-2H3,(H,23,25)(H,24,26). The van der Waals surface area contributed by atoms with Gasteiger partial charge in [0.25, 0.3) is 5.91 Å². The first-order valence-corrected chi connectivity index (χ1v) is 11.0. The minimum atomic E-state index is -0.301. The van der Waals surface area contributed by atoms with E-state index in [1.165, 1.54) is 23.1 Å².